The zero-order valence-corrected chi connectivity index (χ0v) is 24.2. The van der Waals surface area contributed by atoms with Crippen LogP contribution in [0.25, 0.3) is 16.8 Å². The number of rotatable bonds is 8. The van der Waals surface area contributed by atoms with Gasteiger partial charge in [0.25, 0.3) is 5.91 Å². The van der Waals surface area contributed by atoms with Gasteiger partial charge in [-0.05, 0) is 37.1 Å². The Balaban J connectivity index is 1.41. The van der Waals surface area contributed by atoms with Crippen molar-refractivity contribution in [2.45, 2.75) is 50.9 Å². The fourth-order valence-corrected chi connectivity index (χ4v) is 6.00. The highest BCUT2D eigenvalue weighted by molar-refractivity contribution is 6.05. The number of methoxy groups -OCH3 is 3. The number of hydrogen-bond acceptors (Lipinski definition) is 8. The molecule has 4 aromatic rings. The molecular formula is C31H33FN6O5. The van der Waals surface area contributed by atoms with E-state index in [2.05, 4.69) is 15.7 Å². The summed E-state index contributed by atoms with van der Waals surface area (Å²) in [6, 6.07) is 10.4. The molecule has 43 heavy (non-hydrogen) atoms. The number of benzene rings is 1. The first kappa shape index (κ1) is 28.3. The number of amides is 2. The first-order valence-electron chi connectivity index (χ1n) is 14.2. The van der Waals surface area contributed by atoms with E-state index in [1.807, 2.05) is 24.3 Å². The summed E-state index contributed by atoms with van der Waals surface area (Å²) in [4.78, 5) is 32.3. The van der Waals surface area contributed by atoms with E-state index in [4.69, 9.17) is 19.2 Å². The molecule has 4 heterocycles. The monoisotopic (exact) mass is 588 g/mol. The zero-order valence-electron chi connectivity index (χ0n) is 24.2. The average molecular weight is 589 g/mol. The van der Waals surface area contributed by atoms with Gasteiger partial charge in [0.15, 0.2) is 11.6 Å². The molecule has 2 amide bonds. The van der Waals surface area contributed by atoms with Crippen molar-refractivity contribution in [2.24, 2.45) is 0 Å². The Bertz CT molecular complexity index is 1690. The maximum atomic E-state index is 16.4. The highest BCUT2D eigenvalue weighted by Crippen LogP contribution is 2.39. The van der Waals surface area contributed by atoms with Crippen LogP contribution in [0.1, 0.15) is 47.2 Å². The number of alkyl carbamates (subject to hydrolysis) is 1. The van der Waals surface area contributed by atoms with E-state index in [1.165, 1.54) is 7.11 Å². The molecule has 1 aliphatic heterocycles. The smallest absolute Gasteiger partial charge is 0.407 e. The summed E-state index contributed by atoms with van der Waals surface area (Å²) < 4.78 is 33.7. The molecule has 3 aromatic heterocycles. The van der Waals surface area contributed by atoms with Crippen LogP contribution in [0.5, 0.6) is 11.5 Å². The van der Waals surface area contributed by atoms with Gasteiger partial charge in [-0.25, -0.2) is 18.7 Å². The lowest BCUT2D eigenvalue weighted by atomic mass is 9.90. The molecule has 12 heteroatoms. The van der Waals surface area contributed by atoms with Crippen LogP contribution >= 0.6 is 0 Å². The lowest BCUT2D eigenvalue weighted by Crippen LogP contribution is -2.48. The summed E-state index contributed by atoms with van der Waals surface area (Å²) in [6.07, 6.45) is 6.18. The molecule has 0 bridgehead atoms. The van der Waals surface area contributed by atoms with E-state index in [9.17, 15) is 9.59 Å². The summed E-state index contributed by atoms with van der Waals surface area (Å²) in [5.74, 6) is 0.299. The lowest BCUT2D eigenvalue weighted by molar-refractivity contribution is 0.0765. The van der Waals surface area contributed by atoms with Gasteiger partial charge >= 0.3 is 6.09 Å². The van der Waals surface area contributed by atoms with Crippen LogP contribution in [0.15, 0.2) is 48.8 Å². The highest BCUT2D eigenvalue weighted by atomic mass is 19.1. The van der Waals surface area contributed by atoms with Crippen LogP contribution in [-0.2, 0) is 17.8 Å². The maximum Gasteiger partial charge on any atom is 0.407 e. The second-order valence-corrected chi connectivity index (χ2v) is 10.7. The molecule has 0 spiro atoms. The molecular weight excluding hydrogens is 555 g/mol. The van der Waals surface area contributed by atoms with E-state index in [0.29, 0.717) is 29.2 Å². The fraction of sp³-hybridized carbons (Fsp3) is 0.355. The number of ether oxygens (including phenoxy) is 3. The molecule has 1 saturated carbocycles. The average Bonchev–Trinajstić information content (AvgIpc) is 3.61. The largest absolute Gasteiger partial charge is 0.497 e. The van der Waals surface area contributed by atoms with Crippen molar-refractivity contribution in [1.82, 2.24) is 24.8 Å². The quantitative estimate of drug-likeness (QED) is 0.302. The van der Waals surface area contributed by atoms with Crippen molar-refractivity contribution in [1.29, 1.82) is 0 Å². The summed E-state index contributed by atoms with van der Waals surface area (Å²) in [5.41, 5.74) is 2.93. The van der Waals surface area contributed by atoms with Gasteiger partial charge in [0.1, 0.15) is 11.5 Å². The minimum absolute atomic E-state index is 0.0317. The van der Waals surface area contributed by atoms with E-state index >= 15 is 4.39 Å². The third-order valence-electron chi connectivity index (χ3n) is 8.20. The normalized spacial score (nSPS) is 18.0. The Morgan fingerprint density at radius 2 is 1.91 bits per heavy atom. The zero-order chi connectivity index (χ0) is 30.1. The van der Waals surface area contributed by atoms with E-state index in [1.54, 1.807) is 48.2 Å². The minimum Gasteiger partial charge on any atom is -0.497 e. The summed E-state index contributed by atoms with van der Waals surface area (Å²) in [7, 11) is 4.44. The Hall–Kier alpha value is -4.87. The first-order chi connectivity index (χ1) is 20.9. The van der Waals surface area contributed by atoms with Crippen molar-refractivity contribution in [3.05, 3.63) is 71.3 Å². The van der Waals surface area contributed by atoms with Gasteiger partial charge < -0.3 is 29.7 Å². The van der Waals surface area contributed by atoms with Crippen molar-refractivity contribution < 1.29 is 28.2 Å². The number of carbonyl (C=O) groups excluding carboxylic acids is 2. The Morgan fingerprint density at radius 3 is 2.67 bits per heavy atom. The predicted octanol–water partition coefficient (Wildman–Crippen LogP) is 4.79. The highest BCUT2D eigenvalue weighted by Gasteiger charge is 2.38. The number of anilines is 1. The van der Waals surface area contributed by atoms with Crippen molar-refractivity contribution in [3.8, 4) is 22.8 Å². The fourth-order valence-electron chi connectivity index (χ4n) is 6.00. The first-order valence-corrected chi connectivity index (χ1v) is 14.2. The second-order valence-electron chi connectivity index (χ2n) is 10.7. The number of nitrogens with one attached hydrogen (secondary N) is 2. The van der Waals surface area contributed by atoms with Crippen LogP contribution < -0.4 is 20.1 Å². The van der Waals surface area contributed by atoms with Crippen LogP contribution in [-0.4, -0.2) is 64.9 Å². The molecule has 2 N–H and O–H groups in total. The van der Waals surface area contributed by atoms with Gasteiger partial charge in [0.2, 0.25) is 0 Å². The second kappa shape index (κ2) is 11.8. The summed E-state index contributed by atoms with van der Waals surface area (Å²) in [5, 5.41) is 10.6. The van der Waals surface area contributed by atoms with Crippen LogP contribution in [0.3, 0.4) is 0 Å². The molecule has 0 radical (unpaired) electrons. The molecule has 6 rings (SSSR count). The Morgan fingerprint density at radius 1 is 1.09 bits per heavy atom. The predicted molar refractivity (Wildman–Crippen MR) is 157 cm³/mol. The maximum absolute atomic E-state index is 16.4. The molecule has 1 fully saturated rings. The van der Waals surface area contributed by atoms with Crippen LogP contribution in [0, 0.1) is 5.82 Å². The summed E-state index contributed by atoms with van der Waals surface area (Å²) >= 11 is 0. The topological polar surface area (TPSA) is 119 Å². The van der Waals surface area contributed by atoms with E-state index in [0.717, 1.165) is 30.3 Å². The number of halogens is 1. The lowest BCUT2D eigenvalue weighted by Gasteiger charge is -2.33. The standard InChI is InChI=1S/C31H33FN6O5/c1-41-19-12-11-18(25(14-19)42-2)16-37-17-21-26(30(37)39)28(20-15-33-38-13-7-6-10-24(20)38)36-29(27(21)32)34-22-8-4-5-9-23(22)35-31(40)43-3/h6-7,10-15,22-23H,4-5,8-9,16-17H2,1-3H3,(H,34,36)(H,35,40)/t22-,23+/m1/s1. The Labute approximate surface area is 247 Å². The van der Waals surface area contributed by atoms with E-state index < -0.39 is 11.9 Å². The Kier molecular flexibility index (Phi) is 7.75. The number of carbonyl (C=O) groups is 2. The van der Waals surface area contributed by atoms with E-state index in [-0.39, 0.29) is 48.0 Å². The van der Waals surface area contributed by atoms with Gasteiger partial charge in [0, 0.05) is 41.5 Å². The van der Waals surface area contributed by atoms with Gasteiger partial charge in [-0.1, -0.05) is 18.9 Å². The number of pyridine rings is 2. The van der Waals surface area contributed by atoms with Crippen molar-refractivity contribution in [3.63, 3.8) is 0 Å². The number of hydrogen-bond donors (Lipinski definition) is 2. The molecule has 1 aromatic carbocycles. The number of fused-ring (bicyclic) bond motifs is 2. The molecule has 2 aliphatic rings. The number of nitrogens with zero attached hydrogens (tertiary/aromatic N) is 4. The molecule has 0 unspecified atom stereocenters. The van der Waals surface area contributed by atoms with Crippen LogP contribution in [0.2, 0.25) is 0 Å². The van der Waals surface area contributed by atoms with Crippen LogP contribution in [0.4, 0.5) is 15.0 Å². The van der Waals surface area contributed by atoms with Gasteiger partial charge in [0.05, 0.1) is 56.9 Å². The number of aromatic nitrogens is 3. The molecule has 2 atom stereocenters. The van der Waals surface area contributed by atoms with Gasteiger partial charge in [-0.3, -0.25) is 4.79 Å². The van der Waals surface area contributed by atoms with Gasteiger partial charge in [-0.15, -0.1) is 0 Å². The third kappa shape index (κ3) is 5.28. The molecule has 0 saturated heterocycles. The molecule has 224 valence electrons. The summed E-state index contributed by atoms with van der Waals surface area (Å²) in [6.45, 7) is 0.248. The SMILES string of the molecule is COC(=O)N[C@H]1CCCC[C@H]1Nc1nc(-c2cnn3ccccc23)c2c(c1F)CN(Cc1ccc(OC)cc1OC)C2=O. The molecule has 11 nitrogen and oxygen atoms in total. The molecule has 1 aliphatic carbocycles. The minimum atomic E-state index is -0.588. The van der Waals surface area contributed by atoms with Crippen molar-refractivity contribution >= 4 is 23.3 Å². The van der Waals surface area contributed by atoms with Gasteiger partial charge in [-0.2, -0.15) is 5.10 Å². The van der Waals surface area contributed by atoms with Crippen molar-refractivity contribution in [2.75, 3.05) is 26.6 Å². The third-order valence-corrected chi connectivity index (χ3v) is 8.20.